The third kappa shape index (κ3) is 4.28. The van der Waals surface area contributed by atoms with Gasteiger partial charge < -0.3 is 5.32 Å². The van der Waals surface area contributed by atoms with E-state index in [2.05, 4.69) is 29.4 Å². The van der Waals surface area contributed by atoms with E-state index >= 15 is 0 Å². The van der Waals surface area contributed by atoms with Crippen molar-refractivity contribution < 1.29 is 0 Å². The van der Waals surface area contributed by atoms with Gasteiger partial charge in [-0.25, -0.2) is 0 Å². The lowest BCUT2D eigenvalue weighted by Crippen LogP contribution is -1.94. The standard InChI is InChI=1S/C9H17N3S2/c1-3-5-6-13-7-8-11-12-9(14-8)10-4-2/h3-7H2,1-2H3,(H,10,12). The second-order valence-corrected chi connectivity index (χ2v) is 5.10. The van der Waals surface area contributed by atoms with E-state index in [1.165, 1.54) is 18.6 Å². The minimum absolute atomic E-state index is 0.914. The fraction of sp³-hybridized carbons (Fsp3) is 0.778. The van der Waals surface area contributed by atoms with Gasteiger partial charge in [0.2, 0.25) is 5.13 Å². The van der Waals surface area contributed by atoms with Crippen molar-refractivity contribution in [3.63, 3.8) is 0 Å². The van der Waals surface area contributed by atoms with Gasteiger partial charge in [-0.3, -0.25) is 0 Å². The van der Waals surface area contributed by atoms with Crippen LogP contribution in [-0.2, 0) is 5.75 Å². The molecule has 3 nitrogen and oxygen atoms in total. The first-order chi connectivity index (χ1) is 6.86. The van der Waals surface area contributed by atoms with Crippen molar-refractivity contribution in [2.24, 2.45) is 0 Å². The maximum absolute atomic E-state index is 4.12. The zero-order valence-electron chi connectivity index (χ0n) is 8.75. The van der Waals surface area contributed by atoms with Gasteiger partial charge in [-0.05, 0) is 19.1 Å². The molecule has 1 aromatic heterocycles. The third-order valence-electron chi connectivity index (χ3n) is 1.66. The Labute approximate surface area is 93.7 Å². The Hall–Kier alpha value is -0.290. The minimum Gasteiger partial charge on any atom is -0.360 e. The molecule has 0 spiro atoms. The molecule has 1 rings (SSSR count). The summed E-state index contributed by atoms with van der Waals surface area (Å²) in [6, 6.07) is 0. The molecule has 14 heavy (non-hydrogen) atoms. The zero-order valence-corrected chi connectivity index (χ0v) is 10.4. The predicted molar refractivity (Wildman–Crippen MR) is 65.1 cm³/mol. The molecule has 0 saturated carbocycles. The quantitative estimate of drug-likeness (QED) is 0.732. The predicted octanol–water partition coefficient (Wildman–Crippen LogP) is 3.00. The highest BCUT2D eigenvalue weighted by Crippen LogP contribution is 2.20. The van der Waals surface area contributed by atoms with Gasteiger partial charge in [-0.15, -0.1) is 10.2 Å². The van der Waals surface area contributed by atoms with Crippen LogP contribution in [0.3, 0.4) is 0 Å². The smallest absolute Gasteiger partial charge is 0.205 e. The fourth-order valence-electron chi connectivity index (χ4n) is 0.940. The minimum atomic E-state index is 0.914. The van der Waals surface area contributed by atoms with Crippen LogP contribution in [0.2, 0.25) is 0 Å². The van der Waals surface area contributed by atoms with E-state index in [0.717, 1.165) is 22.4 Å². The number of rotatable bonds is 7. The molecule has 0 aromatic carbocycles. The molecule has 0 atom stereocenters. The first-order valence-corrected chi connectivity index (χ1v) is 6.98. The molecule has 0 fully saturated rings. The molecule has 0 unspecified atom stereocenters. The number of unbranched alkanes of at least 4 members (excludes halogenated alkanes) is 1. The molecule has 0 saturated heterocycles. The van der Waals surface area contributed by atoms with Crippen LogP contribution in [0.5, 0.6) is 0 Å². The van der Waals surface area contributed by atoms with Crippen LogP contribution in [0.15, 0.2) is 0 Å². The molecule has 1 aromatic rings. The Kier molecular flexibility index (Phi) is 5.94. The molecule has 0 radical (unpaired) electrons. The highest BCUT2D eigenvalue weighted by Gasteiger charge is 2.02. The molecule has 0 aliphatic rings. The van der Waals surface area contributed by atoms with Gasteiger partial charge in [0, 0.05) is 12.3 Å². The Morgan fingerprint density at radius 3 is 2.93 bits per heavy atom. The summed E-state index contributed by atoms with van der Waals surface area (Å²) in [5.74, 6) is 2.23. The van der Waals surface area contributed by atoms with Gasteiger partial charge >= 0.3 is 0 Å². The first kappa shape index (κ1) is 11.8. The average Bonchev–Trinajstić information content (AvgIpc) is 2.61. The van der Waals surface area contributed by atoms with Crippen LogP contribution < -0.4 is 5.32 Å². The lowest BCUT2D eigenvalue weighted by Gasteiger charge is -1.95. The van der Waals surface area contributed by atoms with Crippen LogP contribution in [-0.4, -0.2) is 22.5 Å². The SMILES string of the molecule is CCCCSCc1nnc(NCC)s1. The van der Waals surface area contributed by atoms with E-state index in [1.807, 2.05) is 11.8 Å². The molecule has 0 aliphatic heterocycles. The summed E-state index contributed by atoms with van der Waals surface area (Å²) < 4.78 is 0. The number of anilines is 1. The van der Waals surface area contributed by atoms with E-state index in [4.69, 9.17) is 0 Å². The summed E-state index contributed by atoms with van der Waals surface area (Å²) in [7, 11) is 0. The van der Waals surface area contributed by atoms with E-state index in [0.29, 0.717) is 0 Å². The number of hydrogen-bond donors (Lipinski definition) is 1. The number of nitrogens with one attached hydrogen (secondary N) is 1. The summed E-state index contributed by atoms with van der Waals surface area (Å²) in [6.45, 7) is 5.20. The summed E-state index contributed by atoms with van der Waals surface area (Å²) in [6.07, 6.45) is 2.56. The molecule has 0 amide bonds. The van der Waals surface area contributed by atoms with Crippen LogP contribution in [0.1, 0.15) is 31.7 Å². The highest BCUT2D eigenvalue weighted by atomic mass is 32.2. The van der Waals surface area contributed by atoms with E-state index in [1.54, 1.807) is 11.3 Å². The summed E-state index contributed by atoms with van der Waals surface area (Å²) >= 11 is 3.60. The Bertz CT molecular complexity index is 250. The van der Waals surface area contributed by atoms with Crippen LogP contribution in [0, 0.1) is 0 Å². The van der Waals surface area contributed by atoms with Crippen molar-refractivity contribution in [2.45, 2.75) is 32.4 Å². The first-order valence-electron chi connectivity index (χ1n) is 5.00. The second kappa shape index (κ2) is 7.06. The van der Waals surface area contributed by atoms with Crippen LogP contribution in [0.4, 0.5) is 5.13 Å². The summed E-state index contributed by atoms with van der Waals surface area (Å²) in [5.41, 5.74) is 0. The largest absolute Gasteiger partial charge is 0.360 e. The van der Waals surface area contributed by atoms with Crippen molar-refractivity contribution in [3.05, 3.63) is 5.01 Å². The molecular formula is C9H17N3S2. The Balaban J connectivity index is 2.22. The second-order valence-electron chi connectivity index (χ2n) is 2.94. The summed E-state index contributed by atoms with van der Waals surface area (Å²) in [4.78, 5) is 0. The fourth-order valence-corrected chi connectivity index (χ4v) is 2.90. The van der Waals surface area contributed by atoms with Gasteiger partial charge in [-0.1, -0.05) is 24.7 Å². The number of thioether (sulfide) groups is 1. The molecule has 1 N–H and O–H groups in total. The number of aromatic nitrogens is 2. The van der Waals surface area contributed by atoms with Crippen LogP contribution >= 0.6 is 23.1 Å². The Morgan fingerprint density at radius 2 is 2.21 bits per heavy atom. The summed E-state index contributed by atoms with van der Waals surface area (Å²) in [5, 5.41) is 13.4. The van der Waals surface area contributed by atoms with Crippen molar-refractivity contribution in [1.29, 1.82) is 0 Å². The van der Waals surface area contributed by atoms with Crippen LogP contribution in [0.25, 0.3) is 0 Å². The monoisotopic (exact) mass is 231 g/mol. The average molecular weight is 231 g/mol. The topological polar surface area (TPSA) is 37.8 Å². The van der Waals surface area contributed by atoms with E-state index in [9.17, 15) is 0 Å². The highest BCUT2D eigenvalue weighted by molar-refractivity contribution is 7.98. The van der Waals surface area contributed by atoms with Gasteiger partial charge in [0.05, 0.1) is 0 Å². The van der Waals surface area contributed by atoms with Crippen molar-refractivity contribution >= 4 is 28.2 Å². The molecule has 80 valence electrons. The number of hydrogen-bond acceptors (Lipinski definition) is 5. The van der Waals surface area contributed by atoms with Crippen molar-refractivity contribution in [2.75, 3.05) is 17.6 Å². The van der Waals surface area contributed by atoms with Gasteiger partial charge in [0.15, 0.2) is 0 Å². The third-order valence-corrected chi connectivity index (χ3v) is 3.78. The lowest BCUT2D eigenvalue weighted by molar-refractivity contribution is 0.895. The molecule has 1 heterocycles. The normalized spacial score (nSPS) is 10.4. The zero-order chi connectivity index (χ0) is 10.2. The maximum Gasteiger partial charge on any atom is 0.205 e. The molecular weight excluding hydrogens is 214 g/mol. The Morgan fingerprint density at radius 1 is 1.36 bits per heavy atom. The van der Waals surface area contributed by atoms with E-state index < -0.39 is 0 Å². The molecule has 5 heteroatoms. The maximum atomic E-state index is 4.12. The van der Waals surface area contributed by atoms with Crippen molar-refractivity contribution in [3.8, 4) is 0 Å². The number of nitrogens with zero attached hydrogens (tertiary/aromatic N) is 2. The lowest BCUT2D eigenvalue weighted by atomic mass is 10.4. The van der Waals surface area contributed by atoms with Crippen molar-refractivity contribution in [1.82, 2.24) is 10.2 Å². The van der Waals surface area contributed by atoms with Gasteiger partial charge in [0.1, 0.15) is 5.01 Å². The molecule has 0 aliphatic carbocycles. The van der Waals surface area contributed by atoms with Gasteiger partial charge in [-0.2, -0.15) is 11.8 Å². The molecule has 0 bridgehead atoms. The van der Waals surface area contributed by atoms with Gasteiger partial charge in [0.25, 0.3) is 0 Å². The van der Waals surface area contributed by atoms with E-state index in [-0.39, 0.29) is 0 Å².